The Morgan fingerprint density at radius 1 is 0.414 bits per heavy atom. The van der Waals surface area contributed by atoms with Crippen molar-refractivity contribution in [2.75, 3.05) is 28.4 Å². The third kappa shape index (κ3) is 26.2. The molecule has 116 heavy (non-hydrogen) atoms. The van der Waals surface area contributed by atoms with Gasteiger partial charge in [-0.3, -0.25) is 39.1 Å². The van der Waals surface area contributed by atoms with E-state index in [4.69, 9.17) is 16.3 Å². The molecule has 0 bridgehead atoms. The van der Waals surface area contributed by atoms with E-state index >= 15 is 0 Å². The fourth-order valence-corrected chi connectivity index (χ4v) is 13.8. The van der Waals surface area contributed by atoms with Crippen molar-refractivity contribution in [1.82, 2.24) is 24.9 Å². The Morgan fingerprint density at radius 2 is 0.784 bits per heavy atom. The minimum absolute atomic E-state index is 0.0263. The van der Waals surface area contributed by atoms with Gasteiger partial charge in [0.2, 0.25) is 23.6 Å². The molecule has 5 aromatic heterocycles. The van der Waals surface area contributed by atoms with Crippen LogP contribution in [0.2, 0.25) is 5.15 Å². The van der Waals surface area contributed by atoms with Gasteiger partial charge in [0.25, 0.3) is 0 Å². The van der Waals surface area contributed by atoms with E-state index in [9.17, 15) is 45.5 Å². The van der Waals surface area contributed by atoms with Crippen molar-refractivity contribution in [2.24, 2.45) is 5.92 Å². The summed E-state index contributed by atoms with van der Waals surface area (Å²) in [6.07, 6.45) is 1.29. The molecule has 4 amide bonds. The molecule has 23 heteroatoms. The summed E-state index contributed by atoms with van der Waals surface area (Å²) in [6, 6.07) is 66.7. The van der Waals surface area contributed by atoms with E-state index < -0.39 is 40.9 Å². The Labute approximate surface area is 695 Å². The van der Waals surface area contributed by atoms with E-state index in [0.29, 0.717) is 46.6 Å². The number of pyridine rings is 5. The molecule has 12 rings (SSSR count). The molecule has 0 saturated heterocycles. The number of halogens is 9. The summed E-state index contributed by atoms with van der Waals surface area (Å²) < 4.78 is 86.3. The van der Waals surface area contributed by atoms with Gasteiger partial charge in [0.1, 0.15) is 10.9 Å². The highest BCUT2D eigenvalue weighted by Crippen LogP contribution is 2.40. The SMILES string of the molecule is CCCC(C(=O)Nc1ccc(-c2ccnc(C)c2)cc1)c1cccc(Br)c1.CCCC(C(=O)Nc1ccc(-c2ccnc(C)c2)cc1)c1cccc(Br)c1.COc1cc(NC(=O)[C@@H](C)c2cc(C(F)(F)F)cc(C(F)(F)F)c2)ccc1-c1ccnc(C)c1.Cc1cc(-c2ccc(NC(=O)C(CC(C)C)c3cccc(Cl)n3)cc2)ccn1. The van der Waals surface area contributed by atoms with Gasteiger partial charge in [-0.25, -0.2) is 4.98 Å². The molecular weight excluding hydrogens is 1630 g/mol. The molecule has 4 atom stereocenters. The number of hydrogen-bond acceptors (Lipinski definition) is 10. The number of aromatic nitrogens is 5. The third-order valence-corrected chi connectivity index (χ3v) is 19.9. The predicted octanol–water partition coefficient (Wildman–Crippen LogP) is 25.4. The molecule has 0 aliphatic heterocycles. The van der Waals surface area contributed by atoms with Crippen molar-refractivity contribution in [1.29, 1.82) is 0 Å². The van der Waals surface area contributed by atoms with Crippen molar-refractivity contribution in [3.63, 3.8) is 0 Å². The van der Waals surface area contributed by atoms with Gasteiger partial charge in [-0.1, -0.05) is 151 Å². The maximum atomic E-state index is 13.1. The van der Waals surface area contributed by atoms with E-state index in [0.717, 1.165) is 125 Å². The topological polar surface area (TPSA) is 190 Å². The largest absolute Gasteiger partial charge is 0.496 e. The van der Waals surface area contributed by atoms with Crippen molar-refractivity contribution < 1.29 is 50.3 Å². The number of carbonyl (C=O) groups excluding carboxylic acids is 4. The molecule has 0 radical (unpaired) electrons. The Bertz CT molecular complexity index is 5140. The highest BCUT2D eigenvalue weighted by Gasteiger charge is 2.38. The quantitative estimate of drug-likeness (QED) is 0.0354. The van der Waals surface area contributed by atoms with Crippen molar-refractivity contribution >= 4 is 89.8 Å². The number of benzene rings is 7. The van der Waals surface area contributed by atoms with Crippen LogP contribution in [0.5, 0.6) is 5.75 Å². The molecule has 3 unspecified atom stereocenters. The molecule has 4 N–H and O–H groups in total. The number of methoxy groups -OCH3 is 1. The summed E-state index contributed by atoms with van der Waals surface area (Å²) in [4.78, 5) is 72.6. The number of nitrogens with one attached hydrogen (secondary N) is 4. The van der Waals surface area contributed by atoms with E-state index in [1.54, 1.807) is 36.7 Å². The number of rotatable bonds is 23. The Kier molecular flexibility index (Phi) is 32.1. The van der Waals surface area contributed by atoms with Gasteiger partial charge in [-0.05, 0) is 267 Å². The van der Waals surface area contributed by atoms with Crippen LogP contribution >= 0.6 is 43.5 Å². The van der Waals surface area contributed by atoms with Gasteiger partial charge in [-0.15, -0.1) is 0 Å². The maximum Gasteiger partial charge on any atom is 0.416 e. The molecule has 0 fully saturated rings. The van der Waals surface area contributed by atoms with Crippen LogP contribution in [-0.2, 0) is 31.5 Å². The van der Waals surface area contributed by atoms with Gasteiger partial charge in [-0.2, -0.15) is 26.3 Å². The van der Waals surface area contributed by atoms with Crippen LogP contribution < -0.4 is 26.0 Å². The second-order valence-electron chi connectivity index (χ2n) is 28.3. The molecule has 600 valence electrons. The fraction of sp³-hybridized carbons (Fsp3) is 0.237. The first kappa shape index (κ1) is 88.7. The van der Waals surface area contributed by atoms with E-state index in [2.05, 4.69) is 118 Å². The Morgan fingerprint density at radius 3 is 1.15 bits per heavy atom. The molecular formula is C93H90Br2ClF6N9O5. The number of aryl methyl sites for hydroxylation is 4. The standard InChI is InChI=1S/C24H20F6N2O2.2C23H23BrN2O.C23H24ClN3O/c1-13-8-15(6-7-31-13)20-5-4-19(12-21(20)34-3)32-22(33)14(2)16-9-17(23(25,26)27)11-18(10-16)24(28,29)30;2*1-3-5-22(19-6-4-7-20(24)15-19)23(27)26-21-10-8-17(9-11-21)18-12-13-25-16(2)14-18;1-15(2)13-20(21-5-4-6-22(24)27-21)23(28)26-19-9-7-17(8-10-19)18-11-12-25-16(3)14-18/h4-12,14H,1-3H3,(H,32,33);2*4,6-15,22H,3,5H2,1-2H3,(H,26,27);4-12,14-15,20H,13H2,1-3H3,(H,26,28)/t14-;;;/m0.../s1. The molecule has 12 aromatic rings. The number of hydrogen-bond donors (Lipinski definition) is 4. The summed E-state index contributed by atoms with van der Waals surface area (Å²) in [5, 5.41) is 12.1. The molecule has 0 spiro atoms. The summed E-state index contributed by atoms with van der Waals surface area (Å²) in [5.41, 5.74) is 14.0. The summed E-state index contributed by atoms with van der Waals surface area (Å²) in [5.74, 6) is -1.98. The average Bonchev–Trinajstić information content (AvgIpc) is 0.795. The van der Waals surface area contributed by atoms with Gasteiger partial charge in [0.15, 0.2) is 0 Å². The lowest BCUT2D eigenvalue weighted by Gasteiger charge is -2.18. The summed E-state index contributed by atoms with van der Waals surface area (Å²) in [7, 11) is 1.43. The second kappa shape index (κ2) is 41.9. The van der Waals surface area contributed by atoms with Crippen LogP contribution in [0.4, 0.5) is 49.1 Å². The number of amides is 4. The number of ether oxygens (including phenoxy) is 1. The van der Waals surface area contributed by atoms with Crippen LogP contribution in [0, 0.1) is 33.6 Å². The number of nitrogens with zero attached hydrogens (tertiary/aromatic N) is 5. The average molecular weight is 1720 g/mol. The smallest absolute Gasteiger partial charge is 0.416 e. The minimum atomic E-state index is -5.00. The normalized spacial score (nSPS) is 12.2. The zero-order chi connectivity index (χ0) is 83.8. The van der Waals surface area contributed by atoms with E-state index in [1.807, 2.05) is 204 Å². The Hall–Kier alpha value is -11.2. The molecule has 0 aliphatic carbocycles. The number of anilines is 4. The molecule has 0 saturated carbocycles. The van der Waals surface area contributed by atoms with Crippen LogP contribution in [0.25, 0.3) is 44.5 Å². The summed E-state index contributed by atoms with van der Waals surface area (Å²) in [6.45, 7) is 17.4. The fourth-order valence-electron chi connectivity index (χ4n) is 12.8. The lowest BCUT2D eigenvalue weighted by Crippen LogP contribution is -2.23. The first-order valence-electron chi connectivity index (χ1n) is 37.7. The van der Waals surface area contributed by atoms with Gasteiger partial charge in [0, 0.05) is 90.9 Å². The van der Waals surface area contributed by atoms with Crippen LogP contribution in [0.15, 0.2) is 258 Å². The van der Waals surface area contributed by atoms with Crippen molar-refractivity contribution in [2.45, 2.75) is 130 Å². The lowest BCUT2D eigenvalue weighted by atomic mass is 9.92. The van der Waals surface area contributed by atoms with Crippen LogP contribution in [0.1, 0.15) is 147 Å². The van der Waals surface area contributed by atoms with Crippen molar-refractivity contribution in [3.8, 4) is 50.3 Å². The molecule has 14 nitrogen and oxygen atoms in total. The van der Waals surface area contributed by atoms with E-state index in [1.165, 1.54) is 20.1 Å². The maximum absolute atomic E-state index is 13.1. The van der Waals surface area contributed by atoms with Gasteiger partial charge >= 0.3 is 12.4 Å². The highest BCUT2D eigenvalue weighted by molar-refractivity contribution is 9.10. The minimum Gasteiger partial charge on any atom is -0.496 e. The summed E-state index contributed by atoms with van der Waals surface area (Å²) >= 11 is 13.0. The molecule has 5 heterocycles. The Balaban J connectivity index is 0.000000178. The predicted molar refractivity (Wildman–Crippen MR) is 459 cm³/mol. The molecule has 0 aliphatic rings. The zero-order valence-corrected chi connectivity index (χ0v) is 69.7. The lowest BCUT2D eigenvalue weighted by molar-refractivity contribution is -0.143. The van der Waals surface area contributed by atoms with Crippen molar-refractivity contribution in [3.05, 3.63) is 320 Å². The number of alkyl halides is 6. The zero-order valence-electron chi connectivity index (χ0n) is 65.8. The third-order valence-electron chi connectivity index (χ3n) is 18.7. The van der Waals surface area contributed by atoms with E-state index in [-0.39, 0.29) is 47.2 Å². The second-order valence-corrected chi connectivity index (χ2v) is 30.5. The van der Waals surface area contributed by atoms with Crippen LogP contribution in [-0.4, -0.2) is 55.7 Å². The number of carbonyl (C=O) groups is 4. The first-order valence-corrected chi connectivity index (χ1v) is 39.7. The van der Waals surface area contributed by atoms with Gasteiger partial charge < -0.3 is 26.0 Å². The first-order chi connectivity index (χ1) is 55.3. The molecule has 7 aromatic carbocycles. The highest BCUT2D eigenvalue weighted by atomic mass is 79.9. The van der Waals surface area contributed by atoms with Crippen LogP contribution in [0.3, 0.4) is 0 Å². The monoisotopic (exact) mass is 1720 g/mol. The van der Waals surface area contributed by atoms with Gasteiger partial charge in [0.05, 0.1) is 47.6 Å².